The Morgan fingerprint density at radius 1 is 0.827 bits per heavy atom. The summed E-state index contributed by atoms with van der Waals surface area (Å²) >= 11 is 3.09. The summed E-state index contributed by atoms with van der Waals surface area (Å²) in [6, 6.07) is 3.63. The molecule has 450 valence electrons. The van der Waals surface area contributed by atoms with Crippen molar-refractivity contribution < 1.29 is 66.8 Å². The Hall–Kier alpha value is -6.37. The quantitative estimate of drug-likeness (QED) is 0.00912. The number of anilines is 1. The van der Waals surface area contributed by atoms with Crippen molar-refractivity contribution >= 4 is 75.2 Å². The highest BCUT2D eigenvalue weighted by Crippen LogP contribution is 2.49. The summed E-state index contributed by atoms with van der Waals surface area (Å²) in [7, 11) is 0. The number of ether oxygens (including phenoxy) is 5. The molecule has 23 nitrogen and oxygen atoms in total. The van der Waals surface area contributed by atoms with Gasteiger partial charge in [0.1, 0.15) is 24.8 Å². The lowest BCUT2D eigenvalue weighted by Crippen LogP contribution is -2.54. The number of unbranched alkanes of at least 4 members (excludes halogenated alkanes) is 2. The Morgan fingerprint density at radius 2 is 1.54 bits per heavy atom. The minimum Gasteiger partial charge on any atom is -0.459 e. The second-order valence-electron chi connectivity index (χ2n) is 21.5. The number of allylic oxidation sites excluding steroid dienone is 2. The number of benzene rings is 1. The van der Waals surface area contributed by atoms with Gasteiger partial charge in [-0.25, -0.2) is 9.59 Å². The molecule has 11 atom stereocenters. The van der Waals surface area contributed by atoms with Gasteiger partial charge in [0.05, 0.1) is 60.6 Å². The third-order valence-corrected chi connectivity index (χ3v) is 14.7. The number of epoxide rings is 1. The Balaban J connectivity index is 1.19. The van der Waals surface area contributed by atoms with Crippen LogP contribution in [0.1, 0.15) is 132 Å². The van der Waals surface area contributed by atoms with E-state index < -0.39 is 54.2 Å². The molecule has 9 amide bonds. The van der Waals surface area contributed by atoms with E-state index >= 15 is 0 Å². The van der Waals surface area contributed by atoms with Gasteiger partial charge >= 0.3 is 18.1 Å². The van der Waals surface area contributed by atoms with Crippen molar-refractivity contribution in [3.63, 3.8) is 0 Å². The second-order valence-corrected chi connectivity index (χ2v) is 22.0. The van der Waals surface area contributed by atoms with Gasteiger partial charge in [-0.1, -0.05) is 79.1 Å². The maximum Gasteiger partial charge on any atom is 0.408 e. The van der Waals surface area contributed by atoms with E-state index in [2.05, 4.69) is 71.5 Å². The van der Waals surface area contributed by atoms with Crippen molar-refractivity contribution in [2.75, 3.05) is 30.4 Å². The normalized spacial score (nSPS) is 23.6. The van der Waals surface area contributed by atoms with Crippen LogP contribution >= 0.6 is 15.9 Å². The fraction of sp³-hybridized carbons (Fsp3) is 0.632. The number of nitrogens with two attached hydrogens (primary N) is 1. The molecule has 1 aromatic carbocycles. The van der Waals surface area contributed by atoms with E-state index in [0.717, 1.165) is 12.0 Å². The van der Waals surface area contributed by atoms with Crippen molar-refractivity contribution in [3.05, 3.63) is 65.8 Å². The monoisotopic (exact) mass is 1200 g/mol. The summed E-state index contributed by atoms with van der Waals surface area (Å²) in [6.45, 7) is 15.0. The molecule has 3 aliphatic rings. The Bertz CT molecular complexity index is 2390. The molecular formula is C57H86BrN9O14. The number of halogens is 1. The highest BCUT2D eigenvalue weighted by Gasteiger charge is 2.57. The molecule has 0 aromatic heterocycles. The summed E-state index contributed by atoms with van der Waals surface area (Å²) in [4.78, 5) is 112. The fourth-order valence-electron chi connectivity index (χ4n) is 9.53. The van der Waals surface area contributed by atoms with Gasteiger partial charge in [-0.05, 0) is 102 Å². The SMILES string of the molecule is CC(=O)OC(C)/C=C\C(=O)N[C@@H]1C[C@H](C)[C@H](C/C=C(C)/C=C/[C@@H]2C[C@]3(C[C@@H](CC(=O)NCNC(=O)OCc4ccc(NC(=O)[C@H](CCCNC(N)=O)NC(=O)[C@@H](NC(=O)CCCCCNC(=O)CBr)C(C)C)cc4)O2)O[C@@H]3C)O[C@@H]1C. The van der Waals surface area contributed by atoms with E-state index in [1.807, 2.05) is 32.9 Å². The molecule has 0 bridgehead atoms. The smallest absolute Gasteiger partial charge is 0.408 e. The number of amides is 9. The molecule has 3 aliphatic heterocycles. The summed E-state index contributed by atoms with van der Waals surface area (Å²) in [5, 5.41) is 22.0. The number of nitrogens with one attached hydrogen (secondary N) is 8. The van der Waals surface area contributed by atoms with Crippen molar-refractivity contribution in [1.82, 2.24) is 37.2 Å². The van der Waals surface area contributed by atoms with E-state index in [4.69, 9.17) is 29.4 Å². The number of hydrogen-bond donors (Lipinski definition) is 9. The molecular weight excluding hydrogens is 1110 g/mol. The van der Waals surface area contributed by atoms with Gasteiger partial charge in [-0.15, -0.1) is 0 Å². The molecule has 1 aromatic rings. The predicted octanol–water partition coefficient (Wildman–Crippen LogP) is 4.86. The number of carbonyl (C=O) groups excluding carboxylic acids is 9. The summed E-state index contributed by atoms with van der Waals surface area (Å²) < 4.78 is 29.2. The van der Waals surface area contributed by atoms with Gasteiger partial charge in [0.2, 0.25) is 35.4 Å². The lowest BCUT2D eigenvalue weighted by molar-refractivity contribution is -0.143. The Morgan fingerprint density at radius 3 is 2.21 bits per heavy atom. The largest absolute Gasteiger partial charge is 0.459 e. The molecule has 1 spiro atoms. The highest BCUT2D eigenvalue weighted by molar-refractivity contribution is 9.09. The first-order valence-electron chi connectivity index (χ1n) is 28.0. The fourth-order valence-corrected chi connectivity index (χ4v) is 9.73. The van der Waals surface area contributed by atoms with Crippen molar-refractivity contribution in [2.45, 2.75) is 193 Å². The molecule has 1 unspecified atom stereocenters. The van der Waals surface area contributed by atoms with E-state index in [-0.39, 0.29) is 116 Å². The van der Waals surface area contributed by atoms with Crippen LogP contribution in [-0.4, -0.2) is 139 Å². The number of urea groups is 1. The Labute approximate surface area is 484 Å². The molecule has 24 heteroatoms. The molecule has 0 aliphatic carbocycles. The highest BCUT2D eigenvalue weighted by atomic mass is 79.9. The van der Waals surface area contributed by atoms with Crippen LogP contribution in [0.25, 0.3) is 0 Å². The lowest BCUT2D eigenvalue weighted by Gasteiger charge is -2.39. The van der Waals surface area contributed by atoms with Crippen molar-refractivity contribution in [2.24, 2.45) is 17.6 Å². The number of alkyl carbamates (subject to hydrolysis) is 1. The average Bonchev–Trinajstić information content (AvgIpc) is 4.13. The van der Waals surface area contributed by atoms with Crippen LogP contribution in [0.5, 0.6) is 0 Å². The topological polar surface area (TPSA) is 325 Å². The predicted molar refractivity (Wildman–Crippen MR) is 306 cm³/mol. The van der Waals surface area contributed by atoms with E-state index in [0.29, 0.717) is 62.7 Å². The van der Waals surface area contributed by atoms with Gasteiger partial charge in [0, 0.05) is 51.0 Å². The minimum absolute atomic E-state index is 0.0271. The standard InChI is InChI=1S/C57H86BrN9O14/c1-34(2)52(67-48(69)14-10-9-11-25-60-51(72)31-58)54(74)66-45(13-12-26-61-55(59)75)53(73)64-42-20-18-41(19-21-42)32-77-56(76)63-33-62-50(71)28-44-30-57(39(7)81-57)29-43(80-44)22-15-35(3)16-23-47-36(4)27-46(38(6)79-47)65-49(70)24-17-37(5)78-40(8)68/h15-22,24,34,36-39,43-47,52H,9-14,23,25-33H2,1-8H3,(H,60,72)(H,62,71)(H,63,76)(H,64,73)(H,65,70)(H,66,74)(H,67,69)(H3,59,61,75)/b22-15+,24-17-,35-16+/t36-,37?,38+,39+,43+,44+,45-,46+,47-,52-,57+/m0/s1. The second kappa shape index (κ2) is 34.2. The van der Waals surface area contributed by atoms with Gasteiger partial charge in [0.25, 0.3) is 0 Å². The van der Waals surface area contributed by atoms with Crippen LogP contribution in [0.3, 0.4) is 0 Å². The molecule has 3 heterocycles. The van der Waals surface area contributed by atoms with E-state index in [1.165, 1.54) is 19.1 Å². The third kappa shape index (κ3) is 25.1. The number of rotatable bonds is 31. The number of esters is 1. The van der Waals surface area contributed by atoms with Crippen LogP contribution in [-0.2, 0) is 63.9 Å². The number of primary amides is 1. The summed E-state index contributed by atoms with van der Waals surface area (Å²) in [5.74, 6) is -2.67. The minimum atomic E-state index is -1.04. The van der Waals surface area contributed by atoms with Gasteiger partial charge in [0.15, 0.2) is 0 Å². The third-order valence-electron chi connectivity index (χ3n) is 14.2. The first-order valence-corrected chi connectivity index (χ1v) is 29.1. The molecule has 10 N–H and O–H groups in total. The molecule has 4 rings (SSSR count). The van der Waals surface area contributed by atoms with Gasteiger partial charge < -0.3 is 72.0 Å². The first kappa shape index (κ1) is 67.1. The zero-order chi connectivity index (χ0) is 59.6. The Kier molecular flexibility index (Phi) is 28.3. The van der Waals surface area contributed by atoms with E-state index in [1.54, 1.807) is 45.0 Å². The van der Waals surface area contributed by atoms with Crippen LogP contribution in [0.4, 0.5) is 15.3 Å². The molecule has 3 saturated heterocycles. The average molecular weight is 1200 g/mol. The summed E-state index contributed by atoms with van der Waals surface area (Å²) in [6.07, 6.45) is 12.1. The van der Waals surface area contributed by atoms with E-state index in [9.17, 15) is 43.2 Å². The van der Waals surface area contributed by atoms with Crippen molar-refractivity contribution in [3.8, 4) is 0 Å². The van der Waals surface area contributed by atoms with Gasteiger partial charge in [-0.3, -0.25) is 33.6 Å². The molecule has 0 radical (unpaired) electrons. The number of carbonyl (C=O) groups is 9. The number of hydrogen-bond acceptors (Lipinski definition) is 14. The summed E-state index contributed by atoms with van der Waals surface area (Å²) in [5.41, 5.74) is 6.84. The van der Waals surface area contributed by atoms with Crippen LogP contribution in [0, 0.1) is 11.8 Å². The molecule has 0 saturated carbocycles. The zero-order valence-corrected chi connectivity index (χ0v) is 49.6. The zero-order valence-electron chi connectivity index (χ0n) is 48.0. The maximum absolute atomic E-state index is 13.6. The molecule has 3 fully saturated rings. The van der Waals surface area contributed by atoms with Crippen molar-refractivity contribution in [1.29, 1.82) is 0 Å². The van der Waals surface area contributed by atoms with Crippen LogP contribution < -0.4 is 48.3 Å². The lowest BCUT2D eigenvalue weighted by atomic mass is 9.87. The first-order chi connectivity index (χ1) is 38.4. The van der Waals surface area contributed by atoms with Crippen LogP contribution in [0.15, 0.2) is 60.2 Å². The van der Waals surface area contributed by atoms with Crippen LogP contribution in [0.2, 0.25) is 0 Å². The molecule has 81 heavy (non-hydrogen) atoms. The number of alkyl halides is 1. The van der Waals surface area contributed by atoms with Gasteiger partial charge in [-0.2, -0.15) is 0 Å². The maximum atomic E-state index is 13.6.